The van der Waals surface area contributed by atoms with E-state index in [4.69, 9.17) is 17.3 Å². The summed E-state index contributed by atoms with van der Waals surface area (Å²) in [6.07, 6.45) is 6.39. The smallest absolute Gasteiger partial charge is 0.313 e. The second kappa shape index (κ2) is 7.92. The molecule has 2 atom stereocenters. The van der Waals surface area contributed by atoms with Gasteiger partial charge in [-0.1, -0.05) is 18.5 Å². The lowest BCUT2D eigenvalue weighted by Gasteiger charge is -2.38. The number of pyridine rings is 2. The number of halogens is 1. The molecule has 7 nitrogen and oxygen atoms in total. The Kier molecular flexibility index (Phi) is 5.60. The van der Waals surface area contributed by atoms with Crippen molar-refractivity contribution in [3.05, 3.63) is 46.9 Å². The summed E-state index contributed by atoms with van der Waals surface area (Å²) < 4.78 is 0. The van der Waals surface area contributed by atoms with E-state index >= 15 is 0 Å². The van der Waals surface area contributed by atoms with E-state index in [2.05, 4.69) is 22.2 Å². The molecule has 8 heteroatoms. The number of amides is 2. The first-order chi connectivity index (χ1) is 12.8. The van der Waals surface area contributed by atoms with Crippen molar-refractivity contribution in [1.29, 1.82) is 0 Å². The minimum absolute atomic E-state index is 0.225. The van der Waals surface area contributed by atoms with Crippen LogP contribution in [0.1, 0.15) is 36.9 Å². The molecule has 0 bridgehead atoms. The predicted molar refractivity (Wildman–Crippen MR) is 104 cm³/mol. The Bertz CT molecular complexity index is 873. The summed E-state index contributed by atoms with van der Waals surface area (Å²) >= 11 is 6.06. The number of nitrogen functional groups attached to an aromatic ring is 1. The fourth-order valence-corrected chi connectivity index (χ4v) is 3.49. The van der Waals surface area contributed by atoms with Crippen LogP contribution in [0.4, 0.5) is 11.5 Å². The largest absolute Gasteiger partial charge is 0.383 e. The molecule has 142 valence electrons. The van der Waals surface area contributed by atoms with E-state index in [-0.39, 0.29) is 6.04 Å². The predicted octanol–water partition coefficient (Wildman–Crippen LogP) is 2.96. The highest BCUT2D eigenvalue weighted by molar-refractivity contribution is 6.39. The van der Waals surface area contributed by atoms with Gasteiger partial charge in [-0.2, -0.15) is 0 Å². The lowest BCUT2D eigenvalue weighted by molar-refractivity contribution is -0.146. The van der Waals surface area contributed by atoms with Gasteiger partial charge in [0.2, 0.25) is 0 Å². The van der Waals surface area contributed by atoms with Crippen molar-refractivity contribution in [3.8, 4) is 0 Å². The van der Waals surface area contributed by atoms with E-state index in [1.165, 1.54) is 6.20 Å². The van der Waals surface area contributed by atoms with E-state index in [9.17, 15) is 9.59 Å². The Labute approximate surface area is 162 Å². The Morgan fingerprint density at radius 1 is 1.26 bits per heavy atom. The van der Waals surface area contributed by atoms with Gasteiger partial charge in [-0.3, -0.25) is 14.6 Å². The molecule has 0 aromatic carbocycles. The lowest BCUT2D eigenvalue weighted by Crippen LogP contribution is -2.46. The van der Waals surface area contributed by atoms with Crippen molar-refractivity contribution in [2.45, 2.75) is 32.7 Å². The van der Waals surface area contributed by atoms with Crippen LogP contribution in [0, 0.1) is 12.8 Å². The first kappa shape index (κ1) is 19.1. The summed E-state index contributed by atoms with van der Waals surface area (Å²) in [5.74, 6) is -0.584. The number of carbonyl (C=O) groups excluding carboxylic acids is 2. The molecule has 1 fully saturated rings. The second-order valence-electron chi connectivity index (χ2n) is 6.97. The van der Waals surface area contributed by atoms with Crippen LogP contribution in [-0.4, -0.2) is 33.2 Å². The Hall–Kier alpha value is -2.67. The quantitative estimate of drug-likeness (QED) is 0.771. The van der Waals surface area contributed by atoms with Gasteiger partial charge < -0.3 is 16.0 Å². The van der Waals surface area contributed by atoms with Gasteiger partial charge in [-0.15, -0.1) is 0 Å². The summed E-state index contributed by atoms with van der Waals surface area (Å²) in [7, 11) is 0. The number of anilines is 2. The fourth-order valence-electron chi connectivity index (χ4n) is 3.30. The molecule has 1 aliphatic heterocycles. The molecule has 2 aromatic rings. The Morgan fingerprint density at radius 3 is 2.74 bits per heavy atom. The molecule has 2 amide bonds. The fraction of sp³-hybridized carbons (Fsp3) is 0.368. The summed E-state index contributed by atoms with van der Waals surface area (Å²) in [4.78, 5) is 35.2. The Balaban J connectivity index is 1.80. The number of aryl methyl sites for hydroxylation is 1. The van der Waals surface area contributed by atoms with E-state index in [1.807, 2.05) is 0 Å². The van der Waals surface area contributed by atoms with Gasteiger partial charge in [0.15, 0.2) is 0 Å². The third kappa shape index (κ3) is 4.36. The number of likely N-dealkylation sites (tertiary alicyclic amines) is 1. The van der Waals surface area contributed by atoms with E-state index in [0.717, 1.165) is 24.0 Å². The zero-order chi connectivity index (χ0) is 19.6. The van der Waals surface area contributed by atoms with Gasteiger partial charge in [0, 0.05) is 18.9 Å². The van der Waals surface area contributed by atoms with Gasteiger partial charge in [0.25, 0.3) is 0 Å². The first-order valence-electron chi connectivity index (χ1n) is 8.79. The molecule has 27 heavy (non-hydrogen) atoms. The minimum Gasteiger partial charge on any atom is -0.383 e. The van der Waals surface area contributed by atoms with Crippen molar-refractivity contribution < 1.29 is 9.59 Å². The third-order valence-corrected chi connectivity index (χ3v) is 4.97. The lowest BCUT2D eigenvalue weighted by atomic mass is 9.90. The molecule has 0 saturated carbocycles. The van der Waals surface area contributed by atoms with Crippen LogP contribution in [0.15, 0.2) is 30.7 Å². The third-order valence-electron chi connectivity index (χ3n) is 4.76. The minimum atomic E-state index is -0.699. The molecule has 0 radical (unpaired) electrons. The molecule has 3 N–H and O–H groups in total. The zero-order valence-corrected chi connectivity index (χ0v) is 16.0. The highest BCUT2D eigenvalue weighted by Gasteiger charge is 2.34. The standard InChI is InChI=1S/C19H22ClN5O2/c1-11-3-4-16(13-6-14(20)8-22-7-13)25(10-11)19(27)18(26)24-15-5-12(2)17(21)23-9-15/h5-9,11,16H,3-4,10H2,1-2H3,(H2,21,23)(H,24,26). The number of nitrogens with two attached hydrogens (primary N) is 1. The van der Waals surface area contributed by atoms with E-state index in [0.29, 0.717) is 29.0 Å². The average Bonchev–Trinajstić information content (AvgIpc) is 2.64. The molecule has 2 aromatic heterocycles. The summed E-state index contributed by atoms with van der Waals surface area (Å²) in [6.45, 7) is 4.36. The van der Waals surface area contributed by atoms with Crippen molar-refractivity contribution in [2.24, 2.45) is 5.92 Å². The van der Waals surface area contributed by atoms with E-state index in [1.54, 1.807) is 36.4 Å². The van der Waals surface area contributed by atoms with Gasteiger partial charge in [-0.05, 0) is 48.9 Å². The average molecular weight is 388 g/mol. The van der Waals surface area contributed by atoms with Gasteiger partial charge in [-0.25, -0.2) is 4.98 Å². The number of hydrogen-bond donors (Lipinski definition) is 2. The van der Waals surface area contributed by atoms with Crippen LogP contribution in [0.3, 0.4) is 0 Å². The van der Waals surface area contributed by atoms with Crippen LogP contribution in [0.25, 0.3) is 0 Å². The number of nitrogens with zero attached hydrogens (tertiary/aromatic N) is 3. The van der Waals surface area contributed by atoms with E-state index < -0.39 is 11.8 Å². The number of piperidine rings is 1. The van der Waals surface area contributed by atoms with Gasteiger partial charge in [0.1, 0.15) is 5.82 Å². The van der Waals surface area contributed by atoms with Gasteiger partial charge in [0.05, 0.1) is 22.9 Å². The number of carbonyl (C=O) groups is 2. The van der Waals surface area contributed by atoms with Crippen LogP contribution < -0.4 is 11.1 Å². The van der Waals surface area contributed by atoms with Crippen molar-refractivity contribution in [2.75, 3.05) is 17.6 Å². The van der Waals surface area contributed by atoms with Crippen LogP contribution >= 0.6 is 11.6 Å². The van der Waals surface area contributed by atoms with Crippen molar-refractivity contribution in [1.82, 2.24) is 14.9 Å². The van der Waals surface area contributed by atoms with Crippen LogP contribution in [0.5, 0.6) is 0 Å². The van der Waals surface area contributed by atoms with Crippen LogP contribution in [-0.2, 0) is 9.59 Å². The summed E-state index contributed by atoms with van der Waals surface area (Å²) in [5.41, 5.74) is 7.69. The SMILES string of the molecule is Cc1cc(NC(=O)C(=O)N2CC(C)CCC2c2cncc(Cl)c2)cnc1N. The highest BCUT2D eigenvalue weighted by Crippen LogP contribution is 2.34. The maximum absolute atomic E-state index is 12.9. The molecular weight excluding hydrogens is 366 g/mol. The highest BCUT2D eigenvalue weighted by atomic mass is 35.5. The zero-order valence-electron chi connectivity index (χ0n) is 15.3. The summed E-state index contributed by atoms with van der Waals surface area (Å²) in [5, 5.41) is 3.12. The molecule has 1 aliphatic rings. The molecule has 0 spiro atoms. The van der Waals surface area contributed by atoms with Crippen molar-refractivity contribution in [3.63, 3.8) is 0 Å². The molecule has 3 heterocycles. The number of hydrogen-bond acceptors (Lipinski definition) is 5. The molecule has 2 unspecified atom stereocenters. The second-order valence-corrected chi connectivity index (χ2v) is 7.41. The number of rotatable bonds is 2. The number of nitrogens with one attached hydrogen (secondary N) is 1. The van der Waals surface area contributed by atoms with Crippen molar-refractivity contribution >= 4 is 34.9 Å². The first-order valence-corrected chi connectivity index (χ1v) is 9.17. The maximum atomic E-state index is 12.9. The normalized spacial score (nSPS) is 19.6. The van der Waals surface area contributed by atoms with Gasteiger partial charge >= 0.3 is 11.8 Å². The van der Waals surface area contributed by atoms with Crippen LogP contribution in [0.2, 0.25) is 5.02 Å². The summed E-state index contributed by atoms with van der Waals surface area (Å²) in [6, 6.07) is 3.25. The molecule has 0 aliphatic carbocycles. The number of aromatic nitrogens is 2. The monoisotopic (exact) mass is 387 g/mol. The topological polar surface area (TPSA) is 101 Å². The maximum Gasteiger partial charge on any atom is 0.313 e. The molecule has 3 rings (SSSR count). The molecule has 1 saturated heterocycles. The molecular formula is C19H22ClN5O2. The Morgan fingerprint density at radius 2 is 2.04 bits per heavy atom.